The topological polar surface area (TPSA) is 39.2 Å². The Hall–Kier alpha value is -0.900. The standard InChI is InChI=1S/C9H13NO2S/c1-6(2)4-12-9(11)8-7(3)10-5-13-8/h5-6H,4H2,1-3H3. The van der Waals surface area contributed by atoms with Gasteiger partial charge in [0.2, 0.25) is 0 Å². The van der Waals surface area contributed by atoms with Crippen molar-refractivity contribution >= 4 is 17.3 Å². The quantitative estimate of drug-likeness (QED) is 0.701. The van der Waals surface area contributed by atoms with Crippen LogP contribution in [0.4, 0.5) is 0 Å². The van der Waals surface area contributed by atoms with E-state index in [9.17, 15) is 4.79 Å². The molecule has 0 unspecified atom stereocenters. The maximum absolute atomic E-state index is 11.4. The summed E-state index contributed by atoms with van der Waals surface area (Å²) in [6.07, 6.45) is 0. The van der Waals surface area contributed by atoms with Gasteiger partial charge in [-0.15, -0.1) is 11.3 Å². The molecule has 1 rings (SSSR count). The summed E-state index contributed by atoms with van der Waals surface area (Å²) in [6.45, 7) is 6.29. The Morgan fingerprint density at radius 3 is 2.85 bits per heavy atom. The summed E-state index contributed by atoms with van der Waals surface area (Å²) in [5, 5.41) is 0. The maximum Gasteiger partial charge on any atom is 0.350 e. The summed E-state index contributed by atoms with van der Waals surface area (Å²) in [6, 6.07) is 0. The minimum atomic E-state index is -0.256. The predicted molar refractivity (Wildman–Crippen MR) is 52.0 cm³/mol. The summed E-state index contributed by atoms with van der Waals surface area (Å²) in [5.74, 6) is 0.117. The van der Waals surface area contributed by atoms with Crippen molar-refractivity contribution in [2.75, 3.05) is 6.61 Å². The molecule has 0 aliphatic heterocycles. The molecule has 0 saturated heterocycles. The Morgan fingerprint density at radius 2 is 2.38 bits per heavy atom. The summed E-state index contributed by atoms with van der Waals surface area (Å²) in [5.41, 5.74) is 2.40. The first kappa shape index (κ1) is 10.2. The molecule has 1 heterocycles. The molecule has 0 aromatic carbocycles. The second-order valence-electron chi connectivity index (χ2n) is 3.26. The Morgan fingerprint density at radius 1 is 1.69 bits per heavy atom. The smallest absolute Gasteiger partial charge is 0.350 e. The van der Waals surface area contributed by atoms with E-state index >= 15 is 0 Å². The fourth-order valence-corrected chi connectivity index (χ4v) is 1.50. The minimum absolute atomic E-state index is 0.256. The fourth-order valence-electron chi connectivity index (χ4n) is 0.806. The Labute approximate surface area is 81.8 Å². The third kappa shape index (κ3) is 2.81. The SMILES string of the molecule is Cc1ncsc1C(=O)OCC(C)C. The Balaban J connectivity index is 2.54. The van der Waals surface area contributed by atoms with E-state index in [2.05, 4.69) is 4.98 Å². The van der Waals surface area contributed by atoms with E-state index in [1.807, 2.05) is 20.8 Å². The molecule has 0 atom stereocenters. The number of esters is 1. The number of hydrogen-bond donors (Lipinski definition) is 0. The van der Waals surface area contributed by atoms with E-state index in [0.717, 1.165) is 5.69 Å². The minimum Gasteiger partial charge on any atom is -0.461 e. The van der Waals surface area contributed by atoms with Crippen molar-refractivity contribution in [3.8, 4) is 0 Å². The molecule has 0 aliphatic carbocycles. The number of rotatable bonds is 3. The van der Waals surface area contributed by atoms with Gasteiger partial charge in [-0.05, 0) is 12.8 Å². The lowest BCUT2D eigenvalue weighted by molar-refractivity contribution is 0.0463. The van der Waals surface area contributed by atoms with Gasteiger partial charge in [0, 0.05) is 0 Å². The second kappa shape index (κ2) is 4.37. The van der Waals surface area contributed by atoms with Crippen LogP contribution in [0.2, 0.25) is 0 Å². The average Bonchev–Trinajstić information content (AvgIpc) is 2.47. The summed E-state index contributed by atoms with van der Waals surface area (Å²) < 4.78 is 5.06. The first-order chi connectivity index (χ1) is 6.11. The monoisotopic (exact) mass is 199 g/mol. The number of thiazole rings is 1. The van der Waals surface area contributed by atoms with Crippen LogP contribution >= 0.6 is 11.3 Å². The van der Waals surface area contributed by atoms with Crippen LogP contribution in [0.3, 0.4) is 0 Å². The zero-order valence-electron chi connectivity index (χ0n) is 8.03. The highest BCUT2D eigenvalue weighted by Gasteiger charge is 2.13. The number of carbonyl (C=O) groups excluding carboxylic acids is 1. The van der Waals surface area contributed by atoms with E-state index in [4.69, 9.17) is 4.74 Å². The van der Waals surface area contributed by atoms with E-state index < -0.39 is 0 Å². The molecule has 3 nitrogen and oxygen atoms in total. The molecule has 0 radical (unpaired) electrons. The van der Waals surface area contributed by atoms with Crippen LogP contribution in [-0.4, -0.2) is 17.6 Å². The molecular formula is C9H13NO2S. The predicted octanol–water partition coefficient (Wildman–Crippen LogP) is 2.26. The molecule has 0 fully saturated rings. The highest BCUT2D eigenvalue weighted by atomic mass is 32.1. The molecule has 1 aromatic heterocycles. The molecular weight excluding hydrogens is 186 g/mol. The van der Waals surface area contributed by atoms with Crippen molar-refractivity contribution < 1.29 is 9.53 Å². The summed E-state index contributed by atoms with van der Waals surface area (Å²) >= 11 is 1.32. The van der Waals surface area contributed by atoms with Crippen LogP contribution in [0.25, 0.3) is 0 Å². The molecule has 0 saturated carbocycles. The summed E-state index contributed by atoms with van der Waals surface area (Å²) in [4.78, 5) is 16.0. The van der Waals surface area contributed by atoms with Crippen LogP contribution in [0, 0.1) is 12.8 Å². The number of hydrogen-bond acceptors (Lipinski definition) is 4. The van der Waals surface area contributed by atoms with Crippen molar-refractivity contribution in [3.05, 3.63) is 16.1 Å². The van der Waals surface area contributed by atoms with E-state index in [1.54, 1.807) is 5.51 Å². The second-order valence-corrected chi connectivity index (χ2v) is 4.11. The molecule has 0 aliphatic rings. The first-order valence-corrected chi connectivity index (χ1v) is 5.06. The van der Waals surface area contributed by atoms with Crippen molar-refractivity contribution in [1.29, 1.82) is 0 Å². The molecule has 1 aromatic rings. The molecule has 0 amide bonds. The van der Waals surface area contributed by atoms with Crippen molar-refractivity contribution in [1.82, 2.24) is 4.98 Å². The van der Waals surface area contributed by atoms with E-state index in [0.29, 0.717) is 17.4 Å². The van der Waals surface area contributed by atoms with Gasteiger partial charge in [-0.3, -0.25) is 0 Å². The lowest BCUT2D eigenvalue weighted by atomic mass is 10.2. The lowest BCUT2D eigenvalue weighted by Gasteiger charge is -2.05. The lowest BCUT2D eigenvalue weighted by Crippen LogP contribution is -2.09. The molecule has 0 bridgehead atoms. The van der Waals surface area contributed by atoms with Gasteiger partial charge in [0.15, 0.2) is 0 Å². The first-order valence-electron chi connectivity index (χ1n) is 4.18. The third-order valence-corrected chi connectivity index (χ3v) is 2.39. The van der Waals surface area contributed by atoms with Crippen molar-refractivity contribution in [2.24, 2.45) is 5.92 Å². The third-order valence-electron chi connectivity index (χ3n) is 1.48. The van der Waals surface area contributed by atoms with Gasteiger partial charge in [-0.2, -0.15) is 0 Å². The zero-order valence-corrected chi connectivity index (χ0v) is 8.85. The van der Waals surface area contributed by atoms with Gasteiger partial charge in [-0.1, -0.05) is 13.8 Å². The van der Waals surface area contributed by atoms with Crippen LogP contribution in [0.5, 0.6) is 0 Å². The average molecular weight is 199 g/mol. The van der Waals surface area contributed by atoms with E-state index in [1.165, 1.54) is 11.3 Å². The van der Waals surface area contributed by atoms with Gasteiger partial charge in [0.25, 0.3) is 0 Å². The molecule has 4 heteroatoms. The number of carbonyl (C=O) groups is 1. The van der Waals surface area contributed by atoms with Crippen molar-refractivity contribution in [2.45, 2.75) is 20.8 Å². The van der Waals surface area contributed by atoms with Gasteiger partial charge in [0.1, 0.15) is 4.88 Å². The molecule has 13 heavy (non-hydrogen) atoms. The number of aromatic nitrogens is 1. The van der Waals surface area contributed by atoms with Crippen LogP contribution in [0.15, 0.2) is 5.51 Å². The Bertz CT molecular complexity index is 294. The number of aryl methyl sites for hydroxylation is 1. The van der Waals surface area contributed by atoms with Gasteiger partial charge >= 0.3 is 5.97 Å². The van der Waals surface area contributed by atoms with Gasteiger partial charge < -0.3 is 4.74 Å². The van der Waals surface area contributed by atoms with Crippen LogP contribution in [0.1, 0.15) is 29.2 Å². The largest absolute Gasteiger partial charge is 0.461 e. The molecule has 0 N–H and O–H groups in total. The number of nitrogens with zero attached hydrogens (tertiary/aromatic N) is 1. The van der Waals surface area contributed by atoms with Crippen LogP contribution < -0.4 is 0 Å². The highest BCUT2D eigenvalue weighted by molar-refractivity contribution is 7.11. The molecule has 72 valence electrons. The Kier molecular flexibility index (Phi) is 3.42. The van der Waals surface area contributed by atoms with Crippen LogP contribution in [-0.2, 0) is 4.74 Å². The fraction of sp³-hybridized carbons (Fsp3) is 0.556. The molecule has 0 spiro atoms. The van der Waals surface area contributed by atoms with Gasteiger partial charge in [0.05, 0.1) is 17.8 Å². The highest BCUT2D eigenvalue weighted by Crippen LogP contribution is 2.13. The summed E-state index contributed by atoms with van der Waals surface area (Å²) in [7, 11) is 0. The van der Waals surface area contributed by atoms with Gasteiger partial charge in [-0.25, -0.2) is 9.78 Å². The van der Waals surface area contributed by atoms with Crippen molar-refractivity contribution in [3.63, 3.8) is 0 Å². The normalized spacial score (nSPS) is 10.5. The van der Waals surface area contributed by atoms with E-state index in [-0.39, 0.29) is 5.97 Å². The maximum atomic E-state index is 11.4. The zero-order chi connectivity index (χ0) is 9.84. The number of ether oxygens (including phenoxy) is 1.